The van der Waals surface area contributed by atoms with Crippen molar-refractivity contribution < 1.29 is 4.79 Å². The van der Waals surface area contributed by atoms with Gasteiger partial charge in [0.2, 0.25) is 0 Å². The number of amides is 2. The third-order valence-electron chi connectivity index (χ3n) is 5.04. The highest BCUT2D eigenvalue weighted by Gasteiger charge is 2.32. The molecular formula is C17H25N5O. The number of urea groups is 1. The van der Waals surface area contributed by atoms with Gasteiger partial charge in [-0.1, -0.05) is 6.92 Å². The van der Waals surface area contributed by atoms with E-state index in [0.717, 1.165) is 30.5 Å². The lowest BCUT2D eigenvalue weighted by Crippen LogP contribution is -2.54. The number of nitrogens with one attached hydrogen (secondary N) is 1. The number of likely N-dealkylation sites (tertiary alicyclic amines) is 1. The van der Waals surface area contributed by atoms with Crippen molar-refractivity contribution in [2.45, 2.75) is 19.4 Å². The van der Waals surface area contributed by atoms with Crippen molar-refractivity contribution in [3.63, 3.8) is 0 Å². The van der Waals surface area contributed by atoms with Crippen LogP contribution >= 0.6 is 0 Å². The molecule has 0 saturated carbocycles. The fourth-order valence-corrected chi connectivity index (χ4v) is 3.53. The highest BCUT2D eigenvalue weighted by molar-refractivity contribution is 5.90. The van der Waals surface area contributed by atoms with Crippen LogP contribution in [0.1, 0.15) is 13.3 Å². The Morgan fingerprint density at radius 1 is 1.43 bits per heavy atom. The maximum absolute atomic E-state index is 12.0. The summed E-state index contributed by atoms with van der Waals surface area (Å²) in [5.41, 5.74) is 2.16. The number of pyridine rings is 1. The molecule has 2 atom stereocenters. The Morgan fingerprint density at radius 3 is 2.96 bits per heavy atom. The third kappa shape index (κ3) is 2.73. The normalized spacial score (nSPS) is 21.5. The molecule has 3 rings (SSSR count). The molecule has 1 fully saturated rings. The molecule has 2 aromatic heterocycles. The molecule has 3 heterocycles. The van der Waals surface area contributed by atoms with Crippen molar-refractivity contribution in [3.8, 4) is 0 Å². The molecule has 2 aromatic rings. The number of fused-ring (bicyclic) bond motifs is 1. The van der Waals surface area contributed by atoms with Crippen LogP contribution in [0.25, 0.3) is 11.0 Å². The van der Waals surface area contributed by atoms with E-state index in [1.165, 1.54) is 5.69 Å². The number of piperidine rings is 1. The number of nitrogens with zero attached hydrogens (tertiary/aromatic N) is 4. The van der Waals surface area contributed by atoms with Gasteiger partial charge in [0.05, 0.1) is 0 Å². The number of anilines is 1. The topological polar surface area (TPSA) is 53.4 Å². The van der Waals surface area contributed by atoms with Gasteiger partial charge in [0, 0.05) is 63.7 Å². The largest absolute Gasteiger partial charge is 0.369 e. The first-order chi connectivity index (χ1) is 11.0. The Morgan fingerprint density at radius 2 is 2.22 bits per heavy atom. The Balaban J connectivity index is 1.90. The molecule has 1 aliphatic heterocycles. The lowest BCUT2D eigenvalue weighted by molar-refractivity contribution is 0.163. The first kappa shape index (κ1) is 15.6. The van der Waals surface area contributed by atoms with Crippen molar-refractivity contribution >= 4 is 22.8 Å². The van der Waals surface area contributed by atoms with E-state index < -0.39 is 0 Å². The average molecular weight is 315 g/mol. The zero-order valence-corrected chi connectivity index (χ0v) is 14.3. The van der Waals surface area contributed by atoms with E-state index in [2.05, 4.69) is 41.3 Å². The van der Waals surface area contributed by atoms with Crippen LogP contribution in [0.2, 0.25) is 0 Å². The summed E-state index contributed by atoms with van der Waals surface area (Å²) in [5, 5.41) is 3.89. The van der Waals surface area contributed by atoms with Crippen LogP contribution in [0.15, 0.2) is 24.5 Å². The molecule has 0 radical (unpaired) electrons. The lowest BCUT2D eigenvalue weighted by Gasteiger charge is -2.42. The smallest absolute Gasteiger partial charge is 0.317 e. The standard InChI is InChI=1S/C17H25N5O/c1-12-6-10-22(17(23)18-2)11-15(12)21(4)14-5-8-19-16-13(14)7-9-20(16)3/h5,7-9,12,15H,6,10-11H2,1-4H3,(H,18,23)/t12-,15+/m1/s1. The quantitative estimate of drug-likeness (QED) is 0.923. The Labute approximate surface area is 137 Å². The lowest BCUT2D eigenvalue weighted by atomic mass is 9.92. The van der Waals surface area contributed by atoms with Crippen LogP contribution in [0.3, 0.4) is 0 Å². The minimum absolute atomic E-state index is 0.00915. The first-order valence-electron chi connectivity index (χ1n) is 8.12. The van der Waals surface area contributed by atoms with Crippen molar-refractivity contribution in [2.24, 2.45) is 13.0 Å². The minimum Gasteiger partial charge on any atom is -0.369 e. The SMILES string of the molecule is CNC(=O)N1CC[C@@H](C)[C@@H](N(C)c2ccnc3c2ccn3C)C1. The number of hydrogen-bond donors (Lipinski definition) is 1. The van der Waals surface area contributed by atoms with E-state index in [-0.39, 0.29) is 6.03 Å². The molecule has 0 spiro atoms. The fourth-order valence-electron chi connectivity index (χ4n) is 3.53. The maximum Gasteiger partial charge on any atom is 0.317 e. The summed E-state index contributed by atoms with van der Waals surface area (Å²) >= 11 is 0. The molecule has 2 amide bonds. The van der Waals surface area contributed by atoms with Crippen molar-refractivity contribution in [3.05, 3.63) is 24.5 Å². The van der Waals surface area contributed by atoms with Crippen molar-refractivity contribution in [1.82, 2.24) is 19.8 Å². The molecule has 0 unspecified atom stereocenters. The first-order valence-corrected chi connectivity index (χ1v) is 8.12. The maximum atomic E-state index is 12.0. The number of carbonyl (C=O) groups excluding carboxylic acids is 1. The Kier molecular flexibility index (Phi) is 4.15. The van der Waals surface area contributed by atoms with E-state index in [1.807, 2.05) is 28.9 Å². The van der Waals surface area contributed by atoms with E-state index in [4.69, 9.17) is 0 Å². The van der Waals surface area contributed by atoms with Gasteiger partial charge in [-0.25, -0.2) is 9.78 Å². The van der Waals surface area contributed by atoms with Gasteiger partial charge >= 0.3 is 6.03 Å². The minimum atomic E-state index is 0.00915. The summed E-state index contributed by atoms with van der Waals surface area (Å²) in [6, 6.07) is 4.48. The summed E-state index contributed by atoms with van der Waals surface area (Å²) in [4.78, 5) is 20.7. The number of aryl methyl sites for hydroxylation is 1. The average Bonchev–Trinajstić information content (AvgIpc) is 2.95. The van der Waals surface area contributed by atoms with Crippen LogP contribution in [-0.4, -0.2) is 53.7 Å². The molecule has 23 heavy (non-hydrogen) atoms. The van der Waals surface area contributed by atoms with Crippen LogP contribution in [0, 0.1) is 5.92 Å². The number of likely N-dealkylation sites (N-methyl/N-ethyl adjacent to an activating group) is 1. The Bertz CT molecular complexity index is 710. The molecule has 0 aliphatic carbocycles. The van der Waals surface area contributed by atoms with Gasteiger partial charge in [0.1, 0.15) is 5.65 Å². The highest BCUT2D eigenvalue weighted by Crippen LogP contribution is 2.30. The molecule has 1 N–H and O–H groups in total. The van der Waals surface area contributed by atoms with Crippen LogP contribution in [0.4, 0.5) is 10.5 Å². The molecular weight excluding hydrogens is 290 g/mol. The molecule has 6 heteroatoms. The predicted octanol–water partition coefficient (Wildman–Crippen LogP) is 2.06. The van der Waals surface area contributed by atoms with E-state index >= 15 is 0 Å². The summed E-state index contributed by atoms with van der Waals surface area (Å²) < 4.78 is 2.04. The number of rotatable bonds is 2. The fraction of sp³-hybridized carbons (Fsp3) is 0.529. The molecule has 0 bridgehead atoms. The van der Waals surface area contributed by atoms with Crippen LogP contribution in [0.5, 0.6) is 0 Å². The van der Waals surface area contributed by atoms with Crippen molar-refractivity contribution in [2.75, 3.05) is 32.1 Å². The second-order valence-electron chi connectivity index (χ2n) is 6.44. The summed E-state index contributed by atoms with van der Waals surface area (Å²) in [5.74, 6) is 0.535. The summed E-state index contributed by atoms with van der Waals surface area (Å²) in [6.07, 6.45) is 4.92. The second-order valence-corrected chi connectivity index (χ2v) is 6.44. The molecule has 124 valence electrons. The van der Waals surface area contributed by atoms with Gasteiger partial charge in [-0.3, -0.25) is 0 Å². The summed E-state index contributed by atoms with van der Waals surface area (Å²) in [7, 11) is 5.82. The van der Waals surface area contributed by atoms with E-state index in [1.54, 1.807) is 7.05 Å². The Hall–Kier alpha value is -2.24. The number of carbonyl (C=O) groups is 1. The number of aromatic nitrogens is 2. The number of hydrogen-bond acceptors (Lipinski definition) is 3. The van der Waals surface area contributed by atoms with Crippen molar-refractivity contribution in [1.29, 1.82) is 0 Å². The zero-order valence-electron chi connectivity index (χ0n) is 14.3. The van der Waals surface area contributed by atoms with Gasteiger partial charge < -0.3 is 19.7 Å². The predicted molar refractivity (Wildman–Crippen MR) is 92.7 cm³/mol. The summed E-state index contributed by atoms with van der Waals surface area (Å²) in [6.45, 7) is 3.84. The van der Waals surface area contributed by atoms with Gasteiger partial charge in [-0.15, -0.1) is 0 Å². The molecule has 6 nitrogen and oxygen atoms in total. The van der Waals surface area contributed by atoms with E-state index in [9.17, 15) is 4.79 Å². The second kappa shape index (κ2) is 6.10. The monoisotopic (exact) mass is 315 g/mol. The zero-order chi connectivity index (χ0) is 16.6. The molecule has 0 aromatic carbocycles. The third-order valence-corrected chi connectivity index (χ3v) is 5.04. The van der Waals surface area contributed by atoms with Gasteiger partial charge in [0.15, 0.2) is 0 Å². The van der Waals surface area contributed by atoms with Crippen LogP contribution in [-0.2, 0) is 7.05 Å². The molecule has 1 aliphatic rings. The van der Waals surface area contributed by atoms with Gasteiger partial charge in [-0.2, -0.15) is 0 Å². The highest BCUT2D eigenvalue weighted by atomic mass is 16.2. The molecule has 1 saturated heterocycles. The van der Waals surface area contributed by atoms with Crippen LogP contribution < -0.4 is 10.2 Å². The van der Waals surface area contributed by atoms with E-state index in [0.29, 0.717) is 12.0 Å². The van der Waals surface area contributed by atoms with Gasteiger partial charge in [0.25, 0.3) is 0 Å². The van der Waals surface area contributed by atoms with Gasteiger partial charge in [-0.05, 0) is 24.5 Å².